The van der Waals surface area contributed by atoms with Gasteiger partial charge in [-0.05, 0) is 70.8 Å². The predicted molar refractivity (Wildman–Crippen MR) is 119 cm³/mol. The molecule has 0 radical (unpaired) electrons. The van der Waals surface area contributed by atoms with E-state index in [0.29, 0.717) is 12.2 Å². The van der Waals surface area contributed by atoms with Gasteiger partial charge in [0.25, 0.3) is 0 Å². The molecule has 5 aromatic rings. The summed E-state index contributed by atoms with van der Waals surface area (Å²) in [6.45, 7) is 8.17. The van der Waals surface area contributed by atoms with Crippen LogP contribution in [0.5, 0.6) is 0 Å². The van der Waals surface area contributed by atoms with Gasteiger partial charge in [0.15, 0.2) is 0 Å². The average Bonchev–Trinajstić information content (AvgIpc) is 2.65. The number of benzene rings is 5. The normalized spacial score (nSPS) is 11.8. The van der Waals surface area contributed by atoms with Gasteiger partial charge in [-0.1, -0.05) is 72.8 Å². The molecule has 0 heterocycles. The summed E-state index contributed by atoms with van der Waals surface area (Å²) >= 11 is 0. The summed E-state index contributed by atoms with van der Waals surface area (Å²) in [5.41, 5.74) is 0. The summed E-state index contributed by atoms with van der Waals surface area (Å²) in [5, 5.41) is 10.9. The van der Waals surface area contributed by atoms with Crippen molar-refractivity contribution < 1.29 is 4.74 Å². The van der Waals surface area contributed by atoms with E-state index < -0.39 is 0 Å². The maximum atomic E-state index is 5.25. The van der Waals surface area contributed by atoms with Crippen LogP contribution in [0.4, 0.5) is 0 Å². The Kier molecular flexibility index (Phi) is 4.72. The zero-order chi connectivity index (χ0) is 19.0. The first-order valence-corrected chi connectivity index (χ1v) is 9.76. The van der Waals surface area contributed by atoms with E-state index in [9.17, 15) is 0 Å². The van der Waals surface area contributed by atoms with E-state index in [-0.39, 0.29) is 0 Å². The molecule has 0 spiro atoms. The molecule has 136 valence electrons. The van der Waals surface area contributed by atoms with Crippen molar-refractivity contribution in [2.24, 2.45) is 0 Å². The average molecular weight is 354 g/mol. The van der Waals surface area contributed by atoms with Crippen LogP contribution in [-0.4, -0.2) is 12.2 Å². The monoisotopic (exact) mass is 354 g/mol. The van der Waals surface area contributed by atoms with Crippen LogP contribution in [0, 0.1) is 0 Å². The van der Waals surface area contributed by atoms with Crippen LogP contribution in [0.3, 0.4) is 0 Å². The molecule has 0 atom stereocenters. The summed E-state index contributed by atoms with van der Waals surface area (Å²) < 4.78 is 5.25. The van der Waals surface area contributed by atoms with E-state index in [2.05, 4.69) is 72.8 Å². The lowest BCUT2D eigenvalue weighted by molar-refractivity contribution is 0.0300. The topological polar surface area (TPSA) is 9.23 Å². The van der Waals surface area contributed by atoms with Crippen LogP contribution >= 0.6 is 0 Å². The molecule has 0 aromatic heterocycles. The van der Waals surface area contributed by atoms with Crippen LogP contribution < -0.4 is 0 Å². The highest BCUT2D eigenvalue weighted by Crippen LogP contribution is 2.39. The van der Waals surface area contributed by atoms with Gasteiger partial charge in [-0.15, -0.1) is 0 Å². The lowest BCUT2D eigenvalue weighted by Crippen LogP contribution is -2.09. The maximum absolute atomic E-state index is 5.25. The van der Waals surface area contributed by atoms with Gasteiger partial charge in [-0.2, -0.15) is 0 Å². The zero-order valence-electron chi connectivity index (χ0n) is 16.5. The fraction of sp³-hybridized carbons (Fsp3) is 0.231. The van der Waals surface area contributed by atoms with E-state index in [1.807, 2.05) is 27.7 Å². The minimum atomic E-state index is 0.375. The maximum Gasteiger partial charge on any atom is 0.0522 e. The van der Waals surface area contributed by atoms with E-state index in [4.69, 9.17) is 4.74 Å². The van der Waals surface area contributed by atoms with Crippen LogP contribution in [-0.2, 0) is 4.74 Å². The molecule has 5 aromatic carbocycles. The predicted octanol–water partition coefficient (Wildman–Crippen LogP) is 7.56. The highest BCUT2D eigenvalue weighted by Gasteiger charge is 2.11. The molecule has 0 fully saturated rings. The highest BCUT2D eigenvalue weighted by molar-refractivity contribution is 6.32. The summed E-state index contributed by atoms with van der Waals surface area (Å²) in [6, 6.07) is 26.4. The summed E-state index contributed by atoms with van der Waals surface area (Å²) in [5.74, 6) is 0. The molecule has 0 saturated carbocycles. The van der Waals surface area contributed by atoms with Crippen LogP contribution in [0.2, 0.25) is 0 Å². The van der Waals surface area contributed by atoms with E-state index in [1.54, 1.807) is 0 Å². The molecule has 0 saturated heterocycles. The van der Waals surface area contributed by atoms with Crippen molar-refractivity contribution in [1.82, 2.24) is 0 Å². The van der Waals surface area contributed by atoms with Crippen molar-refractivity contribution in [2.75, 3.05) is 0 Å². The van der Waals surface area contributed by atoms with Crippen molar-refractivity contribution >= 4 is 43.1 Å². The fourth-order valence-electron chi connectivity index (χ4n) is 4.12. The third-order valence-corrected chi connectivity index (χ3v) is 4.93. The second-order valence-corrected chi connectivity index (χ2v) is 7.65. The van der Waals surface area contributed by atoms with Gasteiger partial charge in [0.05, 0.1) is 12.2 Å². The second kappa shape index (κ2) is 7.17. The van der Waals surface area contributed by atoms with Gasteiger partial charge >= 0.3 is 0 Å². The Morgan fingerprint density at radius 1 is 0.481 bits per heavy atom. The SMILES string of the molecule is CC(C)OC(C)C.c1cc2cccc3c4cccc5cccc(c(c1)c23)c54. The third-order valence-electron chi connectivity index (χ3n) is 4.93. The first-order valence-electron chi connectivity index (χ1n) is 9.76. The molecule has 0 aliphatic carbocycles. The minimum absolute atomic E-state index is 0.375. The number of hydrogen-bond donors (Lipinski definition) is 0. The largest absolute Gasteiger partial charge is 0.376 e. The summed E-state index contributed by atoms with van der Waals surface area (Å²) in [7, 11) is 0. The van der Waals surface area contributed by atoms with Crippen molar-refractivity contribution in [3.8, 4) is 0 Å². The molecule has 1 heteroatoms. The van der Waals surface area contributed by atoms with Crippen molar-refractivity contribution in [3.63, 3.8) is 0 Å². The standard InChI is InChI=1S/C20H12.C6H14O/c1-5-13-6-2-11-17-18-12-4-8-14-7-3-10-16(20(14)18)15(9-1)19(13)17;1-5(2)7-6(3)4/h1-12H;5-6H,1-4H3. The van der Waals surface area contributed by atoms with Gasteiger partial charge in [0.2, 0.25) is 0 Å². The Balaban J connectivity index is 0.000000224. The van der Waals surface area contributed by atoms with Gasteiger partial charge in [0, 0.05) is 0 Å². The van der Waals surface area contributed by atoms with Crippen molar-refractivity contribution in [2.45, 2.75) is 39.9 Å². The molecular weight excluding hydrogens is 328 g/mol. The van der Waals surface area contributed by atoms with Crippen LogP contribution in [0.25, 0.3) is 43.1 Å². The highest BCUT2D eigenvalue weighted by atomic mass is 16.5. The Morgan fingerprint density at radius 3 is 1.00 bits per heavy atom. The Morgan fingerprint density at radius 2 is 0.778 bits per heavy atom. The number of fused-ring (bicyclic) bond motifs is 2. The number of ether oxygens (including phenoxy) is 1. The van der Waals surface area contributed by atoms with Gasteiger partial charge in [0.1, 0.15) is 0 Å². The molecule has 0 bridgehead atoms. The number of hydrogen-bond acceptors (Lipinski definition) is 1. The van der Waals surface area contributed by atoms with Crippen LogP contribution in [0.15, 0.2) is 72.8 Å². The van der Waals surface area contributed by atoms with E-state index in [1.165, 1.54) is 43.1 Å². The third kappa shape index (κ3) is 3.24. The zero-order valence-corrected chi connectivity index (χ0v) is 16.5. The van der Waals surface area contributed by atoms with E-state index in [0.717, 1.165) is 0 Å². The molecule has 0 amide bonds. The fourth-order valence-corrected chi connectivity index (χ4v) is 4.12. The molecule has 0 N–H and O–H groups in total. The first kappa shape index (κ1) is 17.8. The van der Waals surface area contributed by atoms with Gasteiger partial charge in [-0.25, -0.2) is 0 Å². The summed E-state index contributed by atoms with van der Waals surface area (Å²) in [6.07, 6.45) is 0.750. The smallest absolute Gasteiger partial charge is 0.0522 e. The molecule has 0 aliphatic rings. The molecular formula is C26H26O. The number of rotatable bonds is 2. The molecule has 5 rings (SSSR count). The summed E-state index contributed by atoms with van der Waals surface area (Å²) in [4.78, 5) is 0. The Bertz CT molecular complexity index is 1030. The van der Waals surface area contributed by atoms with Gasteiger partial charge in [-0.3, -0.25) is 0 Å². The lowest BCUT2D eigenvalue weighted by Gasteiger charge is -2.13. The van der Waals surface area contributed by atoms with Crippen molar-refractivity contribution in [3.05, 3.63) is 72.8 Å². The minimum Gasteiger partial charge on any atom is -0.376 e. The first-order chi connectivity index (χ1) is 13.1. The molecule has 0 aliphatic heterocycles. The van der Waals surface area contributed by atoms with Crippen LogP contribution in [0.1, 0.15) is 27.7 Å². The van der Waals surface area contributed by atoms with E-state index >= 15 is 0 Å². The molecule has 0 unspecified atom stereocenters. The lowest BCUT2D eigenvalue weighted by atomic mass is 9.90. The Labute approximate surface area is 160 Å². The molecule has 27 heavy (non-hydrogen) atoms. The second-order valence-electron chi connectivity index (χ2n) is 7.65. The molecule has 1 nitrogen and oxygen atoms in total. The van der Waals surface area contributed by atoms with Crippen molar-refractivity contribution in [1.29, 1.82) is 0 Å². The van der Waals surface area contributed by atoms with Gasteiger partial charge < -0.3 is 4.74 Å². The quantitative estimate of drug-likeness (QED) is 0.235. The Hall–Kier alpha value is -2.64.